The van der Waals surface area contributed by atoms with Gasteiger partial charge in [0, 0.05) is 11.6 Å². The number of carboxylic acid groups (broad SMARTS) is 1. The minimum Gasteiger partial charge on any atom is -0.481 e. The van der Waals surface area contributed by atoms with Gasteiger partial charge in [-0.25, -0.2) is 0 Å². The molecule has 9 heteroatoms. The molecule has 0 bridgehead atoms. The van der Waals surface area contributed by atoms with Gasteiger partial charge in [0.15, 0.2) is 5.75 Å². The van der Waals surface area contributed by atoms with Gasteiger partial charge in [-0.3, -0.25) is 14.6 Å². The number of alkyl halides is 3. The number of hydrogen-bond acceptors (Lipinski definition) is 4. The van der Waals surface area contributed by atoms with Crippen molar-refractivity contribution in [1.82, 2.24) is 4.98 Å². The standard InChI is InChI=1S/C9H8F3NO5/c1-17-8-7(18-9(10,11)12)4(3-6(15)16)2-5(14)13-8/h2H,3H2,1H3,(H,13,14)(H,15,16). The topological polar surface area (TPSA) is 88.6 Å². The highest BCUT2D eigenvalue weighted by Gasteiger charge is 2.34. The Bertz CT molecular complexity index is 508. The van der Waals surface area contributed by atoms with E-state index in [9.17, 15) is 22.8 Å². The molecule has 0 aromatic carbocycles. The highest BCUT2D eigenvalue weighted by atomic mass is 19.4. The molecule has 18 heavy (non-hydrogen) atoms. The number of aliphatic carboxylic acids is 1. The van der Waals surface area contributed by atoms with Crippen LogP contribution in [-0.4, -0.2) is 29.5 Å². The quantitative estimate of drug-likeness (QED) is 0.846. The lowest BCUT2D eigenvalue weighted by molar-refractivity contribution is -0.275. The number of carboxylic acids is 1. The third kappa shape index (κ3) is 3.68. The molecule has 0 aliphatic carbocycles. The van der Waals surface area contributed by atoms with Crippen molar-refractivity contribution in [2.75, 3.05) is 7.11 Å². The van der Waals surface area contributed by atoms with E-state index in [-0.39, 0.29) is 0 Å². The van der Waals surface area contributed by atoms with E-state index >= 15 is 0 Å². The van der Waals surface area contributed by atoms with E-state index in [2.05, 4.69) is 9.47 Å². The molecule has 0 spiro atoms. The van der Waals surface area contributed by atoms with E-state index in [1.807, 2.05) is 4.98 Å². The lowest BCUT2D eigenvalue weighted by atomic mass is 10.2. The summed E-state index contributed by atoms with van der Waals surface area (Å²) in [5, 5.41) is 8.55. The smallest absolute Gasteiger partial charge is 0.481 e. The number of rotatable bonds is 4. The van der Waals surface area contributed by atoms with Gasteiger partial charge >= 0.3 is 12.3 Å². The maximum absolute atomic E-state index is 12.2. The zero-order chi connectivity index (χ0) is 13.9. The number of ether oxygens (including phenoxy) is 2. The van der Waals surface area contributed by atoms with Gasteiger partial charge in [0.1, 0.15) is 0 Å². The number of methoxy groups -OCH3 is 1. The zero-order valence-electron chi connectivity index (χ0n) is 9.00. The van der Waals surface area contributed by atoms with Gasteiger partial charge in [-0.05, 0) is 0 Å². The van der Waals surface area contributed by atoms with Gasteiger partial charge in [-0.15, -0.1) is 13.2 Å². The number of halogens is 3. The van der Waals surface area contributed by atoms with Crippen molar-refractivity contribution in [3.05, 3.63) is 22.0 Å². The SMILES string of the molecule is COc1[nH]c(=O)cc(CC(=O)O)c1OC(F)(F)F. The molecule has 0 aliphatic heterocycles. The van der Waals surface area contributed by atoms with Crippen molar-refractivity contribution < 1.29 is 32.5 Å². The van der Waals surface area contributed by atoms with E-state index in [0.717, 1.165) is 7.11 Å². The molecule has 0 amide bonds. The first kappa shape index (κ1) is 13.9. The van der Waals surface area contributed by atoms with Crippen molar-refractivity contribution in [3.8, 4) is 11.6 Å². The Morgan fingerprint density at radius 2 is 2.11 bits per heavy atom. The van der Waals surface area contributed by atoms with E-state index in [1.54, 1.807) is 0 Å². The van der Waals surface area contributed by atoms with Crippen LogP contribution in [0.2, 0.25) is 0 Å². The normalized spacial score (nSPS) is 11.1. The second-order valence-electron chi connectivity index (χ2n) is 3.14. The van der Waals surface area contributed by atoms with Crippen molar-refractivity contribution in [2.45, 2.75) is 12.8 Å². The van der Waals surface area contributed by atoms with Gasteiger partial charge in [0.05, 0.1) is 13.5 Å². The largest absolute Gasteiger partial charge is 0.573 e. The predicted octanol–water partition coefficient (Wildman–Crippen LogP) is 0.909. The Labute approximate surface area is 98.0 Å². The zero-order valence-corrected chi connectivity index (χ0v) is 9.00. The molecule has 0 unspecified atom stereocenters. The molecule has 6 nitrogen and oxygen atoms in total. The summed E-state index contributed by atoms with van der Waals surface area (Å²) in [5.41, 5.74) is -1.22. The number of aromatic amines is 1. The maximum atomic E-state index is 12.2. The number of hydrogen-bond donors (Lipinski definition) is 2. The fourth-order valence-corrected chi connectivity index (χ4v) is 1.24. The number of aromatic nitrogens is 1. The summed E-state index contributed by atoms with van der Waals surface area (Å²) in [5.74, 6) is -2.86. The molecule has 1 aromatic heterocycles. The average Bonchev–Trinajstić information content (AvgIpc) is 2.19. The van der Waals surface area contributed by atoms with E-state index in [0.29, 0.717) is 6.07 Å². The number of pyridine rings is 1. The second kappa shape index (κ2) is 4.98. The van der Waals surface area contributed by atoms with Crippen LogP contribution in [0.5, 0.6) is 11.6 Å². The molecule has 1 rings (SSSR count). The fourth-order valence-electron chi connectivity index (χ4n) is 1.24. The Kier molecular flexibility index (Phi) is 3.84. The van der Waals surface area contributed by atoms with Crippen LogP contribution < -0.4 is 15.0 Å². The first-order valence-corrected chi connectivity index (χ1v) is 4.50. The van der Waals surface area contributed by atoms with Crippen LogP contribution in [0.3, 0.4) is 0 Å². The molecule has 0 atom stereocenters. The summed E-state index contributed by atoms with van der Waals surface area (Å²) in [6.07, 6.45) is -5.83. The fraction of sp³-hybridized carbons (Fsp3) is 0.333. The molecule has 1 heterocycles. The number of nitrogens with one attached hydrogen (secondary N) is 1. The van der Waals surface area contributed by atoms with E-state index < -0.39 is 41.5 Å². The van der Waals surface area contributed by atoms with Gasteiger partial charge in [0.2, 0.25) is 5.88 Å². The Morgan fingerprint density at radius 1 is 1.50 bits per heavy atom. The molecular weight excluding hydrogens is 259 g/mol. The van der Waals surface area contributed by atoms with Crippen LogP contribution in [0, 0.1) is 0 Å². The van der Waals surface area contributed by atoms with Crippen LogP contribution >= 0.6 is 0 Å². The maximum Gasteiger partial charge on any atom is 0.573 e. The lowest BCUT2D eigenvalue weighted by Gasteiger charge is -2.14. The highest BCUT2D eigenvalue weighted by molar-refractivity contribution is 5.71. The monoisotopic (exact) mass is 267 g/mol. The first-order valence-electron chi connectivity index (χ1n) is 4.50. The molecule has 0 aliphatic rings. The lowest BCUT2D eigenvalue weighted by Crippen LogP contribution is -2.21. The Hall–Kier alpha value is -2.19. The number of H-pyrrole nitrogens is 1. The summed E-state index contributed by atoms with van der Waals surface area (Å²) in [6.45, 7) is 0. The van der Waals surface area contributed by atoms with Gasteiger partial charge in [0.25, 0.3) is 5.56 Å². The van der Waals surface area contributed by atoms with Crippen LogP contribution in [0.1, 0.15) is 5.56 Å². The first-order chi connectivity index (χ1) is 8.23. The summed E-state index contributed by atoms with van der Waals surface area (Å²) in [4.78, 5) is 23.6. The van der Waals surface area contributed by atoms with Crippen LogP contribution in [0.4, 0.5) is 13.2 Å². The van der Waals surface area contributed by atoms with Crippen molar-refractivity contribution >= 4 is 5.97 Å². The van der Waals surface area contributed by atoms with Crippen LogP contribution in [0.25, 0.3) is 0 Å². The van der Waals surface area contributed by atoms with Crippen LogP contribution in [-0.2, 0) is 11.2 Å². The van der Waals surface area contributed by atoms with Crippen molar-refractivity contribution in [2.24, 2.45) is 0 Å². The summed E-state index contributed by atoms with van der Waals surface area (Å²) in [6, 6.07) is 0.706. The Balaban J connectivity index is 3.32. The third-order valence-electron chi connectivity index (χ3n) is 1.80. The molecule has 100 valence electrons. The van der Waals surface area contributed by atoms with Gasteiger partial charge in [-0.1, -0.05) is 0 Å². The second-order valence-corrected chi connectivity index (χ2v) is 3.14. The van der Waals surface area contributed by atoms with E-state index in [1.165, 1.54) is 0 Å². The minimum atomic E-state index is -5.03. The van der Waals surface area contributed by atoms with Gasteiger partial charge < -0.3 is 14.6 Å². The highest BCUT2D eigenvalue weighted by Crippen LogP contribution is 2.32. The molecule has 2 N–H and O–H groups in total. The van der Waals surface area contributed by atoms with E-state index in [4.69, 9.17) is 5.11 Å². The average molecular weight is 267 g/mol. The van der Waals surface area contributed by atoms with Crippen molar-refractivity contribution in [1.29, 1.82) is 0 Å². The molecule has 0 saturated heterocycles. The third-order valence-corrected chi connectivity index (χ3v) is 1.80. The molecular formula is C9H8F3NO5. The number of carbonyl (C=O) groups is 1. The molecule has 1 aromatic rings. The predicted molar refractivity (Wildman–Crippen MR) is 51.6 cm³/mol. The Morgan fingerprint density at radius 3 is 2.56 bits per heavy atom. The molecule has 0 radical (unpaired) electrons. The summed E-state index contributed by atoms with van der Waals surface area (Å²) < 4.78 is 44.6. The molecule has 0 fully saturated rings. The van der Waals surface area contributed by atoms with Gasteiger partial charge in [-0.2, -0.15) is 0 Å². The summed E-state index contributed by atoms with van der Waals surface area (Å²) in [7, 11) is 1.01. The van der Waals surface area contributed by atoms with Crippen molar-refractivity contribution in [3.63, 3.8) is 0 Å². The summed E-state index contributed by atoms with van der Waals surface area (Å²) >= 11 is 0. The van der Waals surface area contributed by atoms with Crippen LogP contribution in [0.15, 0.2) is 10.9 Å². The minimum absolute atomic E-state index is 0.430. The molecule has 0 saturated carbocycles.